The zero-order valence-corrected chi connectivity index (χ0v) is 25.1. The first-order valence-electron chi connectivity index (χ1n) is 15.7. The van der Waals surface area contributed by atoms with Gasteiger partial charge in [0.05, 0.1) is 11.4 Å². The lowest BCUT2D eigenvalue weighted by molar-refractivity contribution is 1.18. The van der Waals surface area contributed by atoms with Crippen LogP contribution < -0.4 is 0 Å². The molecule has 46 heavy (non-hydrogen) atoms. The molecule has 9 aromatic rings. The van der Waals surface area contributed by atoms with Crippen molar-refractivity contribution >= 4 is 43.1 Å². The zero-order chi connectivity index (χ0) is 30.5. The highest BCUT2D eigenvalue weighted by atomic mass is 14.9. The molecule has 214 valence electrons. The van der Waals surface area contributed by atoms with Crippen molar-refractivity contribution in [2.24, 2.45) is 0 Å². The summed E-state index contributed by atoms with van der Waals surface area (Å²) < 4.78 is 0. The molecule has 9 rings (SSSR count). The molecule has 0 saturated carbocycles. The van der Waals surface area contributed by atoms with Gasteiger partial charge in [-0.1, -0.05) is 152 Å². The maximum absolute atomic E-state index is 5.14. The van der Waals surface area contributed by atoms with Gasteiger partial charge in [-0.2, -0.15) is 0 Å². The fourth-order valence-corrected chi connectivity index (χ4v) is 6.76. The molecule has 0 aliphatic rings. The second kappa shape index (κ2) is 10.8. The first kappa shape index (κ1) is 26.3. The van der Waals surface area contributed by atoms with Crippen LogP contribution in [0.1, 0.15) is 0 Å². The largest absolute Gasteiger partial charge is 0.228 e. The Hall–Kier alpha value is -6.12. The number of rotatable bonds is 4. The molecule has 0 spiro atoms. The van der Waals surface area contributed by atoms with Gasteiger partial charge >= 0.3 is 0 Å². The van der Waals surface area contributed by atoms with Gasteiger partial charge in [0.2, 0.25) is 0 Å². The van der Waals surface area contributed by atoms with E-state index >= 15 is 0 Å². The van der Waals surface area contributed by atoms with Gasteiger partial charge in [0.15, 0.2) is 5.82 Å². The van der Waals surface area contributed by atoms with Crippen molar-refractivity contribution in [1.82, 2.24) is 9.97 Å². The lowest BCUT2D eigenvalue weighted by Crippen LogP contribution is -1.96. The molecule has 0 aliphatic heterocycles. The topological polar surface area (TPSA) is 25.8 Å². The van der Waals surface area contributed by atoms with Crippen molar-refractivity contribution in [3.8, 4) is 45.0 Å². The predicted molar refractivity (Wildman–Crippen MR) is 194 cm³/mol. The molecule has 0 amide bonds. The molecule has 0 fully saturated rings. The van der Waals surface area contributed by atoms with Crippen LogP contribution in [0.15, 0.2) is 170 Å². The van der Waals surface area contributed by atoms with Crippen LogP contribution >= 0.6 is 0 Å². The Labute approximate surface area is 267 Å². The molecule has 0 bridgehead atoms. The van der Waals surface area contributed by atoms with Gasteiger partial charge in [-0.05, 0) is 72.4 Å². The summed E-state index contributed by atoms with van der Waals surface area (Å²) in [7, 11) is 0. The van der Waals surface area contributed by atoms with Crippen LogP contribution in [0.3, 0.4) is 0 Å². The first-order valence-corrected chi connectivity index (χ1v) is 15.7. The maximum Gasteiger partial charge on any atom is 0.160 e. The van der Waals surface area contributed by atoms with E-state index in [2.05, 4.69) is 164 Å². The van der Waals surface area contributed by atoms with Crippen LogP contribution in [-0.4, -0.2) is 9.97 Å². The van der Waals surface area contributed by atoms with Crippen LogP contribution in [-0.2, 0) is 0 Å². The summed E-state index contributed by atoms with van der Waals surface area (Å²) in [6.07, 6.45) is 0. The van der Waals surface area contributed by atoms with Crippen LogP contribution in [0.2, 0.25) is 0 Å². The van der Waals surface area contributed by atoms with Crippen LogP contribution in [0.5, 0.6) is 0 Å². The van der Waals surface area contributed by atoms with E-state index in [4.69, 9.17) is 9.97 Å². The van der Waals surface area contributed by atoms with Crippen molar-refractivity contribution in [2.75, 3.05) is 0 Å². The number of fused-ring (bicyclic) bond motifs is 5. The molecule has 8 aromatic carbocycles. The maximum atomic E-state index is 5.14. The average Bonchev–Trinajstić information content (AvgIpc) is 3.14. The van der Waals surface area contributed by atoms with E-state index < -0.39 is 0 Å². The molecule has 0 N–H and O–H groups in total. The van der Waals surface area contributed by atoms with Gasteiger partial charge in [0, 0.05) is 16.7 Å². The predicted octanol–water partition coefficient (Wildman–Crippen LogP) is 11.8. The van der Waals surface area contributed by atoms with Gasteiger partial charge in [0.25, 0.3) is 0 Å². The van der Waals surface area contributed by atoms with E-state index in [-0.39, 0.29) is 0 Å². The van der Waals surface area contributed by atoms with Crippen LogP contribution in [0.25, 0.3) is 88.1 Å². The van der Waals surface area contributed by atoms with Gasteiger partial charge in [-0.25, -0.2) is 9.97 Å². The lowest BCUT2D eigenvalue weighted by Gasteiger charge is -2.15. The third-order valence-electron chi connectivity index (χ3n) is 9.03. The van der Waals surface area contributed by atoms with Crippen molar-refractivity contribution in [3.63, 3.8) is 0 Å². The van der Waals surface area contributed by atoms with Crippen LogP contribution in [0, 0.1) is 0 Å². The number of benzene rings is 8. The van der Waals surface area contributed by atoms with Crippen LogP contribution in [0.4, 0.5) is 0 Å². The minimum Gasteiger partial charge on any atom is -0.228 e. The summed E-state index contributed by atoms with van der Waals surface area (Å²) in [6, 6.07) is 60.4. The average molecular weight is 585 g/mol. The van der Waals surface area contributed by atoms with E-state index in [1.54, 1.807) is 0 Å². The van der Waals surface area contributed by atoms with Crippen molar-refractivity contribution in [1.29, 1.82) is 0 Å². The van der Waals surface area contributed by atoms with Crippen molar-refractivity contribution in [2.45, 2.75) is 0 Å². The molecular weight excluding hydrogens is 556 g/mol. The Morgan fingerprint density at radius 2 is 0.870 bits per heavy atom. The molecular formula is C44H28N2. The first-order chi connectivity index (χ1) is 22.8. The molecule has 0 unspecified atom stereocenters. The quantitative estimate of drug-likeness (QED) is 0.152. The standard InChI is InChI=1S/C44H28N2/c1-2-12-31(13-3-1)40-28-41(36-24-18-29-10-4-5-14-34(29)26-36)46-44(45-40)33-22-20-32(21-23-33)42-39-17-9-7-15-35(39)27-37-25-19-30-11-6-8-16-38(30)43(37)42/h1-28H. The summed E-state index contributed by atoms with van der Waals surface area (Å²) in [6.45, 7) is 0. The third-order valence-corrected chi connectivity index (χ3v) is 9.03. The van der Waals surface area contributed by atoms with E-state index in [1.165, 1.54) is 54.2 Å². The molecule has 1 aromatic heterocycles. The summed E-state index contributed by atoms with van der Waals surface area (Å²) >= 11 is 0. The minimum absolute atomic E-state index is 0.712. The summed E-state index contributed by atoms with van der Waals surface area (Å²) in [5.74, 6) is 0.712. The third kappa shape index (κ3) is 4.51. The summed E-state index contributed by atoms with van der Waals surface area (Å²) in [5, 5.41) is 9.94. The summed E-state index contributed by atoms with van der Waals surface area (Å²) in [5.41, 5.74) is 7.37. The van der Waals surface area contributed by atoms with E-state index in [1.807, 2.05) is 6.07 Å². The second-order valence-electron chi connectivity index (χ2n) is 11.8. The van der Waals surface area contributed by atoms with Crippen molar-refractivity contribution < 1.29 is 0 Å². The smallest absolute Gasteiger partial charge is 0.160 e. The Morgan fingerprint density at radius 1 is 0.304 bits per heavy atom. The van der Waals surface area contributed by atoms with Crippen molar-refractivity contribution in [3.05, 3.63) is 170 Å². The normalized spacial score (nSPS) is 11.5. The minimum atomic E-state index is 0.712. The second-order valence-corrected chi connectivity index (χ2v) is 11.8. The Kier molecular flexibility index (Phi) is 6.17. The molecule has 0 atom stereocenters. The van der Waals surface area contributed by atoms with E-state index in [0.29, 0.717) is 5.82 Å². The van der Waals surface area contributed by atoms with E-state index in [0.717, 1.165) is 28.1 Å². The highest BCUT2D eigenvalue weighted by Gasteiger charge is 2.15. The number of aromatic nitrogens is 2. The Balaban J connectivity index is 1.22. The van der Waals surface area contributed by atoms with Gasteiger partial charge in [-0.15, -0.1) is 0 Å². The number of nitrogens with zero attached hydrogens (tertiary/aromatic N) is 2. The molecule has 1 heterocycles. The fraction of sp³-hybridized carbons (Fsp3) is 0. The molecule has 2 heteroatoms. The summed E-state index contributed by atoms with van der Waals surface area (Å²) in [4.78, 5) is 10.2. The SMILES string of the molecule is c1ccc(-c2cc(-c3ccc4ccccc4c3)nc(-c3ccc(-c4c5ccccc5cc5ccc6ccccc6c45)cc3)n2)cc1. The Bertz CT molecular complexity index is 2570. The molecule has 0 saturated heterocycles. The number of hydrogen-bond donors (Lipinski definition) is 0. The highest BCUT2D eigenvalue weighted by molar-refractivity contribution is 6.21. The van der Waals surface area contributed by atoms with Gasteiger partial charge in [0.1, 0.15) is 0 Å². The van der Waals surface area contributed by atoms with Gasteiger partial charge < -0.3 is 0 Å². The Morgan fingerprint density at radius 3 is 1.67 bits per heavy atom. The van der Waals surface area contributed by atoms with Gasteiger partial charge in [-0.3, -0.25) is 0 Å². The monoisotopic (exact) mass is 584 g/mol. The van der Waals surface area contributed by atoms with E-state index in [9.17, 15) is 0 Å². The number of hydrogen-bond acceptors (Lipinski definition) is 2. The zero-order valence-electron chi connectivity index (χ0n) is 25.1. The lowest BCUT2D eigenvalue weighted by atomic mass is 9.89. The molecule has 0 radical (unpaired) electrons. The fourth-order valence-electron chi connectivity index (χ4n) is 6.76. The molecule has 0 aliphatic carbocycles. The molecule has 2 nitrogen and oxygen atoms in total. The highest BCUT2D eigenvalue weighted by Crippen LogP contribution is 2.40.